The van der Waals surface area contributed by atoms with Crippen LogP contribution in [0.4, 0.5) is 0 Å². The number of phenolic OH excluding ortho intramolecular Hbond substituents is 1. The van der Waals surface area contributed by atoms with E-state index in [1.165, 1.54) is 6.07 Å². The third kappa shape index (κ3) is 3.00. The van der Waals surface area contributed by atoms with Gasteiger partial charge in [-0.1, -0.05) is 0 Å². The van der Waals surface area contributed by atoms with E-state index in [0.717, 1.165) is 3.57 Å². The fraction of sp³-hybridized carbons (Fsp3) is 0.0833. The first kappa shape index (κ1) is 12.0. The van der Waals surface area contributed by atoms with Crippen LogP contribution in [-0.4, -0.2) is 11.0 Å². The normalized spacial score (nSPS) is 10.2. The van der Waals surface area contributed by atoms with Crippen molar-refractivity contribution >= 4 is 28.5 Å². The van der Waals surface area contributed by atoms with Gasteiger partial charge in [-0.05, 0) is 52.9 Å². The molecule has 1 amide bonds. The molecule has 1 heterocycles. The lowest BCUT2D eigenvalue weighted by molar-refractivity contribution is 0.0945. The van der Waals surface area contributed by atoms with Crippen molar-refractivity contribution in [3.8, 4) is 5.75 Å². The second-order valence-corrected chi connectivity index (χ2v) is 4.67. The third-order valence-electron chi connectivity index (χ3n) is 2.21. The van der Waals surface area contributed by atoms with E-state index in [9.17, 15) is 9.90 Å². The van der Waals surface area contributed by atoms with Gasteiger partial charge in [0, 0.05) is 3.57 Å². The Balaban J connectivity index is 2.07. The molecule has 2 N–H and O–H groups in total. The number of carbonyl (C=O) groups excluding carboxylic acids is 1. The standard InChI is InChI=1S/C12H10INO3/c13-8-3-4-11(15)10(6-8)12(16)14-7-9-2-1-5-17-9/h1-6,15H,7H2,(H,14,16). The molecule has 0 spiro atoms. The average Bonchev–Trinajstić information content (AvgIpc) is 2.82. The topological polar surface area (TPSA) is 62.5 Å². The number of carbonyl (C=O) groups is 1. The minimum absolute atomic E-state index is 0.0256. The summed E-state index contributed by atoms with van der Waals surface area (Å²) in [5.74, 6) is 0.322. The van der Waals surface area contributed by atoms with E-state index in [-0.39, 0.29) is 17.2 Å². The van der Waals surface area contributed by atoms with Crippen molar-refractivity contribution in [3.05, 3.63) is 51.5 Å². The minimum Gasteiger partial charge on any atom is -0.507 e. The average molecular weight is 343 g/mol. The fourth-order valence-electron chi connectivity index (χ4n) is 1.37. The van der Waals surface area contributed by atoms with E-state index in [4.69, 9.17) is 4.42 Å². The molecule has 0 atom stereocenters. The zero-order valence-electron chi connectivity index (χ0n) is 8.81. The number of rotatable bonds is 3. The van der Waals surface area contributed by atoms with E-state index >= 15 is 0 Å². The van der Waals surface area contributed by atoms with Crippen LogP contribution in [0.25, 0.3) is 0 Å². The number of hydrogen-bond donors (Lipinski definition) is 2. The number of aromatic hydroxyl groups is 1. The van der Waals surface area contributed by atoms with Crippen LogP contribution >= 0.6 is 22.6 Å². The number of furan rings is 1. The zero-order chi connectivity index (χ0) is 12.3. The predicted molar refractivity (Wildman–Crippen MR) is 70.7 cm³/mol. The molecule has 2 rings (SSSR count). The van der Waals surface area contributed by atoms with E-state index in [1.54, 1.807) is 30.5 Å². The Bertz CT molecular complexity index is 523. The lowest BCUT2D eigenvalue weighted by Crippen LogP contribution is -2.22. The van der Waals surface area contributed by atoms with Crippen molar-refractivity contribution < 1.29 is 14.3 Å². The van der Waals surface area contributed by atoms with E-state index < -0.39 is 0 Å². The summed E-state index contributed by atoms with van der Waals surface area (Å²) in [5.41, 5.74) is 0.267. The molecule has 0 aliphatic rings. The Labute approximate surface area is 112 Å². The molecule has 0 aliphatic carbocycles. The number of hydrogen-bond acceptors (Lipinski definition) is 3. The van der Waals surface area contributed by atoms with Gasteiger partial charge in [0.1, 0.15) is 11.5 Å². The minimum atomic E-state index is -0.322. The van der Waals surface area contributed by atoms with Gasteiger partial charge in [-0.3, -0.25) is 4.79 Å². The second kappa shape index (κ2) is 5.22. The Kier molecular flexibility index (Phi) is 3.68. The Morgan fingerprint density at radius 3 is 2.94 bits per heavy atom. The van der Waals surface area contributed by atoms with E-state index in [2.05, 4.69) is 27.9 Å². The number of benzene rings is 1. The number of phenols is 1. The zero-order valence-corrected chi connectivity index (χ0v) is 11.0. The van der Waals surface area contributed by atoms with Gasteiger partial charge in [0.05, 0.1) is 18.4 Å². The molecule has 0 saturated heterocycles. The van der Waals surface area contributed by atoms with E-state index in [0.29, 0.717) is 12.3 Å². The Morgan fingerprint density at radius 2 is 2.24 bits per heavy atom. The summed E-state index contributed by atoms with van der Waals surface area (Å²) in [4.78, 5) is 11.8. The summed E-state index contributed by atoms with van der Waals surface area (Å²) in [6, 6.07) is 8.40. The van der Waals surface area contributed by atoms with Gasteiger partial charge in [-0.15, -0.1) is 0 Å². The maximum Gasteiger partial charge on any atom is 0.255 e. The van der Waals surface area contributed by atoms with Crippen LogP contribution in [0, 0.1) is 3.57 Å². The Hall–Kier alpha value is -1.50. The van der Waals surface area contributed by atoms with Gasteiger partial charge < -0.3 is 14.8 Å². The number of amides is 1. The van der Waals surface area contributed by atoms with Gasteiger partial charge in [0.25, 0.3) is 5.91 Å². The second-order valence-electron chi connectivity index (χ2n) is 3.42. The number of nitrogens with one attached hydrogen (secondary N) is 1. The maximum absolute atomic E-state index is 11.8. The summed E-state index contributed by atoms with van der Waals surface area (Å²) in [6.07, 6.45) is 1.55. The van der Waals surface area contributed by atoms with E-state index in [1.807, 2.05) is 0 Å². The van der Waals surface area contributed by atoms with Crippen molar-refractivity contribution in [2.24, 2.45) is 0 Å². The first-order valence-corrected chi connectivity index (χ1v) is 6.04. The summed E-state index contributed by atoms with van der Waals surface area (Å²) < 4.78 is 5.99. The molecule has 0 saturated carbocycles. The summed E-state index contributed by atoms with van der Waals surface area (Å²) in [6.45, 7) is 0.302. The third-order valence-corrected chi connectivity index (χ3v) is 2.88. The summed E-state index contributed by atoms with van der Waals surface area (Å²) >= 11 is 2.08. The molecule has 0 unspecified atom stereocenters. The van der Waals surface area contributed by atoms with Crippen molar-refractivity contribution in [3.63, 3.8) is 0 Å². The monoisotopic (exact) mass is 343 g/mol. The lowest BCUT2D eigenvalue weighted by atomic mass is 10.2. The van der Waals surface area contributed by atoms with Crippen molar-refractivity contribution in [1.82, 2.24) is 5.32 Å². The van der Waals surface area contributed by atoms with Crippen molar-refractivity contribution in [2.75, 3.05) is 0 Å². The first-order chi connectivity index (χ1) is 8.16. The summed E-state index contributed by atoms with van der Waals surface area (Å²) in [5, 5.41) is 12.2. The quantitative estimate of drug-likeness (QED) is 0.842. The largest absolute Gasteiger partial charge is 0.507 e. The van der Waals surface area contributed by atoms with Crippen LogP contribution in [0.5, 0.6) is 5.75 Å². The molecular weight excluding hydrogens is 333 g/mol. The molecule has 1 aromatic carbocycles. The van der Waals surface area contributed by atoms with Gasteiger partial charge >= 0.3 is 0 Å². The fourth-order valence-corrected chi connectivity index (χ4v) is 1.86. The SMILES string of the molecule is O=C(NCc1ccco1)c1cc(I)ccc1O. The highest BCUT2D eigenvalue weighted by Gasteiger charge is 2.11. The smallest absolute Gasteiger partial charge is 0.255 e. The van der Waals surface area contributed by atoms with Crippen molar-refractivity contribution in [1.29, 1.82) is 0 Å². The van der Waals surface area contributed by atoms with Crippen LogP contribution in [0.1, 0.15) is 16.1 Å². The molecule has 0 radical (unpaired) electrons. The molecule has 0 bridgehead atoms. The van der Waals surface area contributed by atoms with Gasteiger partial charge in [0.2, 0.25) is 0 Å². The molecule has 1 aromatic heterocycles. The first-order valence-electron chi connectivity index (χ1n) is 4.96. The highest BCUT2D eigenvalue weighted by atomic mass is 127. The van der Waals surface area contributed by atoms with Crippen LogP contribution in [0.3, 0.4) is 0 Å². The van der Waals surface area contributed by atoms with Crippen LogP contribution in [0.2, 0.25) is 0 Å². The van der Waals surface area contributed by atoms with Crippen LogP contribution in [0.15, 0.2) is 41.0 Å². The van der Waals surface area contributed by atoms with Gasteiger partial charge in [-0.2, -0.15) is 0 Å². The molecular formula is C12H10INO3. The molecule has 4 nitrogen and oxygen atoms in total. The van der Waals surface area contributed by atoms with Crippen LogP contribution < -0.4 is 5.32 Å². The molecule has 0 fully saturated rings. The molecule has 5 heteroatoms. The maximum atomic E-state index is 11.8. The highest BCUT2D eigenvalue weighted by Crippen LogP contribution is 2.19. The van der Waals surface area contributed by atoms with Crippen LogP contribution in [-0.2, 0) is 6.54 Å². The molecule has 88 valence electrons. The Morgan fingerprint density at radius 1 is 1.41 bits per heavy atom. The predicted octanol–water partition coefficient (Wildman–Crippen LogP) is 2.52. The molecule has 17 heavy (non-hydrogen) atoms. The molecule has 0 aliphatic heterocycles. The summed E-state index contributed by atoms with van der Waals surface area (Å²) in [7, 11) is 0. The van der Waals surface area contributed by atoms with Crippen molar-refractivity contribution in [2.45, 2.75) is 6.54 Å². The number of halogens is 1. The highest BCUT2D eigenvalue weighted by molar-refractivity contribution is 14.1. The van der Waals surface area contributed by atoms with Gasteiger partial charge in [-0.25, -0.2) is 0 Å². The lowest BCUT2D eigenvalue weighted by Gasteiger charge is -2.05. The van der Waals surface area contributed by atoms with Gasteiger partial charge in [0.15, 0.2) is 0 Å². The molecule has 2 aromatic rings.